The molecule has 18 nitrogen and oxygen atoms in total. The molecule has 1 aliphatic heterocycles. The molecule has 0 atom stereocenters. The van der Waals surface area contributed by atoms with Crippen LogP contribution in [0.15, 0.2) is 132 Å². The van der Waals surface area contributed by atoms with Crippen LogP contribution in [0.25, 0.3) is 6.08 Å². The van der Waals surface area contributed by atoms with Crippen molar-refractivity contribution in [1.82, 2.24) is 9.97 Å². The number of halogens is 2. The zero-order chi connectivity index (χ0) is 46.0. The predicted octanol–water partition coefficient (Wildman–Crippen LogP) is 7.60. The number of ketones is 2. The van der Waals surface area contributed by atoms with E-state index in [1.165, 1.54) is 40.4 Å². The summed E-state index contributed by atoms with van der Waals surface area (Å²) in [7, 11) is 2.16. The van der Waals surface area contributed by atoms with Crippen LogP contribution in [0.5, 0.6) is 0 Å². The molecule has 335 valence electrons. The molecule has 2 aromatic heterocycles. The Morgan fingerprint density at radius 3 is 1.66 bits per heavy atom. The molecule has 4 aromatic rings. The number of aromatic nitrogens is 2. The van der Waals surface area contributed by atoms with Crippen LogP contribution in [0.2, 0.25) is 0 Å². The minimum atomic E-state index is -0.586. The van der Waals surface area contributed by atoms with E-state index in [-0.39, 0.29) is 85.3 Å². The van der Waals surface area contributed by atoms with Gasteiger partial charge in [0.25, 0.3) is 0 Å². The standard InChI is InChI=1S/C23H29N2.2C9H5BrN4O4S.Co/c1-6-25(7-2)19-15-12-18(13-16-19)14-17-22-23(3,4)20-10-8-9-11-21(20)24(22)5;2*10-4-1-5(7(16)2-6(4)15)12-13-9-11-3-8(19-9)14(17)18;/h8-17H,6-7H2,1-5H3;2*1-3H,(H2,11,13,15,16);/q+1;;;/p-2. The van der Waals surface area contributed by atoms with Gasteiger partial charge in [0.15, 0.2) is 17.3 Å². The Morgan fingerprint density at radius 2 is 1.23 bits per heavy atom. The third kappa shape index (κ3) is 12.6. The summed E-state index contributed by atoms with van der Waals surface area (Å²) < 4.78 is 2.77. The van der Waals surface area contributed by atoms with Crippen molar-refractivity contribution in [3.63, 3.8) is 0 Å². The van der Waals surface area contributed by atoms with E-state index in [0.717, 1.165) is 60.3 Å². The third-order valence-electron chi connectivity index (χ3n) is 9.26. The molecule has 0 bridgehead atoms. The van der Waals surface area contributed by atoms with E-state index in [1.807, 2.05) is 0 Å². The van der Waals surface area contributed by atoms with Gasteiger partial charge >= 0.3 is 10.0 Å². The minimum absolute atomic E-state index is 0. The molecule has 2 aliphatic carbocycles. The van der Waals surface area contributed by atoms with Gasteiger partial charge in [0.05, 0.1) is 24.2 Å². The Balaban J connectivity index is 0.000000212. The number of aliphatic hydroxyl groups excluding tert-OH is 2. The maximum atomic E-state index is 11.2. The number of thiazole rings is 2. The third-order valence-corrected chi connectivity index (χ3v) is 12.2. The van der Waals surface area contributed by atoms with E-state index < -0.39 is 9.85 Å². The Labute approximate surface area is 400 Å². The van der Waals surface area contributed by atoms with Crippen molar-refractivity contribution in [2.24, 2.45) is 20.4 Å². The summed E-state index contributed by atoms with van der Waals surface area (Å²) in [6, 6.07) is 17.5. The summed E-state index contributed by atoms with van der Waals surface area (Å²) in [4.78, 5) is 52.0. The van der Waals surface area contributed by atoms with Crippen LogP contribution in [-0.2, 0) is 31.8 Å². The molecule has 2 aromatic carbocycles. The number of para-hydroxylation sites is 1. The quantitative estimate of drug-likeness (QED) is 0.0715. The van der Waals surface area contributed by atoms with E-state index in [1.54, 1.807) is 0 Å². The van der Waals surface area contributed by atoms with Gasteiger partial charge in [-0.05, 0) is 95.5 Å². The monoisotopic (exact) mass is 1080 g/mol. The van der Waals surface area contributed by atoms with Crippen molar-refractivity contribution < 1.29 is 51.0 Å². The number of anilines is 1. The second-order valence-electron chi connectivity index (χ2n) is 13.6. The van der Waals surface area contributed by atoms with Crippen LogP contribution in [0, 0.1) is 20.2 Å². The number of rotatable bonds is 9. The maximum absolute atomic E-state index is 11.2. The average Bonchev–Trinajstić information content (AvgIpc) is 3.99. The molecule has 0 amide bonds. The van der Waals surface area contributed by atoms with Gasteiger partial charge < -0.3 is 35.3 Å². The topological polar surface area (TPSA) is 245 Å². The van der Waals surface area contributed by atoms with E-state index >= 15 is 0 Å². The number of benzene rings is 2. The number of hydrogen-bond donors (Lipinski definition) is 2. The number of allylic oxidation sites excluding steroid dienone is 7. The van der Waals surface area contributed by atoms with Crippen LogP contribution < -0.4 is 24.5 Å². The van der Waals surface area contributed by atoms with Gasteiger partial charge in [-0.3, -0.25) is 40.0 Å². The van der Waals surface area contributed by atoms with Crippen molar-refractivity contribution in [3.8, 4) is 0 Å². The van der Waals surface area contributed by atoms with Gasteiger partial charge in [0.2, 0.25) is 5.69 Å². The molecule has 0 saturated heterocycles. The number of aliphatic hydroxyl groups is 2. The first-order valence-corrected chi connectivity index (χ1v) is 21.8. The van der Waals surface area contributed by atoms with Gasteiger partial charge in [-0.25, -0.2) is 0 Å². The number of carbonyl (C=O) groups is 2. The summed E-state index contributed by atoms with van der Waals surface area (Å²) in [6.07, 6.45) is 11.2. The zero-order valence-corrected chi connectivity index (χ0v) is 40.2. The van der Waals surface area contributed by atoms with Gasteiger partial charge in [0, 0.05) is 87.4 Å². The number of nitro groups is 2. The van der Waals surface area contributed by atoms with Crippen LogP contribution in [0.3, 0.4) is 0 Å². The second-order valence-corrected chi connectivity index (χ2v) is 17.3. The van der Waals surface area contributed by atoms with Crippen molar-refractivity contribution in [3.05, 3.63) is 153 Å². The largest absolute Gasteiger partial charge is 0.506 e. The van der Waals surface area contributed by atoms with E-state index in [9.17, 15) is 40.0 Å². The van der Waals surface area contributed by atoms with Crippen molar-refractivity contribution in [1.29, 1.82) is 0 Å². The molecule has 0 unspecified atom stereocenters. The van der Waals surface area contributed by atoms with Crippen LogP contribution in [0.1, 0.15) is 38.8 Å². The van der Waals surface area contributed by atoms with Crippen molar-refractivity contribution >= 4 is 111 Å². The van der Waals surface area contributed by atoms with E-state index in [0.29, 0.717) is 0 Å². The van der Waals surface area contributed by atoms with Gasteiger partial charge in [-0.15, -0.1) is 0 Å². The maximum Gasteiger partial charge on any atom is 0.319 e. The first-order valence-electron chi connectivity index (χ1n) is 18.6. The fourth-order valence-electron chi connectivity index (χ4n) is 6.05. The van der Waals surface area contributed by atoms with E-state index in [4.69, 9.17) is 0 Å². The predicted molar refractivity (Wildman–Crippen MR) is 249 cm³/mol. The van der Waals surface area contributed by atoms with Gasteiger partial charge in [0.1, 0.15) is 30.0 Å². The molecule has 3 heterocycles. The van der Waals surface area contributed by atoms with Crippen molar-refractivity contribution in [2.45, 2.75) is 33.1 Å². The van der Waals surface area contributed by atoms with Crippen LogP contribution >= 0.6 is 54.5 Å². The molecule has 2 N–H and O–H groups in total. The number of carbonyl (C=O) groups excluding carboxylic acids is 2. The summed E-state index contributed by atoms with van der Waals surface area (Å²) in [5, 5.41) is 54.2. The summed E-state index contributed by atoms with van der Waals surface area (Å²) in [6.45, 7) is 11.1. The van der Waals surface area contributed by atoms with Crippen LogP contribution in [-0.4, -0.2) is 73.5 Å². The van der Waals surface area contributed by atoms with E-state index in [2.05, 4.69) is 167 Å². The van der Waals surface area contributed by atoms with Gasteiger partial charge in [-0.1, -0.05) is 53.0 Å². The smallest absolute Gasteiger partial charge is 0.319 e. The summed E-state index contributed by atoms with van der Waals surface area (Å²) in [5.74, 6) is -1.44. The fraction of sp³-hybridized carbons (Fsp3) is 0.195. The minimum Gasteiger partial charge on any atom is -0.506 e. The molecular formula is C41H37Br2CoN10O8S2-. The Bertz CT molecular complexity index is 2740. The zero-order valence-electron chi connectivity index (χ0n) is 34.4. The molecular weight excluding hydrogens is 1040 g/mol. The normalized spacial score (nSPS) is 17.1. The van der Waals surface area contributed by atoms with Crippen LogP contribution in [0.4, 0.5) is 21.4 Å². The Morgan fingerprint density at radius 1 is 0.766 bits per heavy atom. The molecule has 23 heteroatoms. The molecule has 7 rings (SSSR count). The first-order chi connectivity index (χ1) is 29.9. The molecule has 3 aliphatic rings. The fourth-order valence-corrected chi connectivity index (χ4v) is 7.83. The second kappa shape index (κ2) is 22.6. The molecule has 1 radical (unpaired) electrons. The molecule has 0 spiro atoms. The van der Waals surface area contributed by atoms with Crippen molar-refractivity contribution in [2.75, 3.05) is 25.0 Å². The number of hydrogen-bond acceptors (Lipinski definition) is 15. The summed E-state index contributed by atoms with van der Waals surface area (Å²) in [5.41, 5.74) is 6.72. The average molecular weight is 1080 g/mol. The number of fused-ring (bicyclic) bond motifs is 1. The Hall–Kier alpha value is -5.98. The molecule has 0 saturated carbocycles. The number of nitrogens with zero attached hydrogens (tertiary/aromatic N) is 10. The van der Waals surface area contributed by atoms with Gasteiger partial charge in [-0.2, -0.15) is 4.58 Å². The Kier molecular flexibility index (Phi) is 17.9. The molecule has 64 heavy (non-hydrogen) atoms. The SMILES string of the molecule is CCN(CC)c1ccc(/C=C/C2=[N+](C)c3ccccc3C2(C)C)cc1.O=C1C=C(O)C(=NN=c2[n-]cc([N+](=O)[O-])s2)C=C1Br.O=C1C=C(O)C(=NN=c2[n-]cc([N+](=O)[O-])s2)C=C1Br.[Co]. The first kappa shape index (κ1) is 50.7. The summed E-state index contributed by atoms with van der Waals surface area (Å²) >= 11 is 7.50. The molecule has 0 fully saturated rings.